The molecule has 2 aromatic rings. The molecular weight excluding hydrogens is 498 g/mol. The van der Waals surface area contributed by atoms with E-state index in [9.17, 15) is 24.3 Å². The van der Waals surface area contributed by atoms with E-state index in [1.165, 1.54) is 28.4 Å². The summed E-state index contributed by atoms with van der Waals surface area (Å²) in [5.74, 6) is -3.26. The van der Waals surface area contributed by atoms with Gasteiger partial charge in [-0.2, -0.15) is 0 Å². The fourth-order valence-electron chi connectivity index (χ4n) is 6.27. The number of nitrogens with zero attached hydrogens (tertiary/aromatic N) is 1. The number of phenolic OH excluding ortho intramolecular Hbond substituents is 1. The number of Topliss-reactive ketones (excluding diaryl/α,β-unsaturated/α-hetero) is 1. The van der Waals surface area contributed by atoms with E-state index in [1.54, 1.807) is 19.1 Å². The minimum absolute atomic E-state index is 0.0420. The van der Waals surface area contributed by atoms with Crippen LogP contribution >= 0.6 is 22.9 Å². The summed E-state index contributed by atoms with van der Waals surface area (Å²) in [5.41, 5.74) is 2.26. The molecule has 4 unspecified atom stereocenters. The van der Waals surface area contributed by atoms with Gasteiger partial charge < -0.3 is 5.11 Å². The molecule has 2 heterocycles. The lowest BCUT2D eigenvalue weighted by molar-refractivity contribution is -0.140. The summed E-state index contributed by atoms with van der Waals surface area (Å²) < 4.78 is 0. The number of halogens is 1. The summed E-state index contributed by atoms with van der Waals surface area (Å²) in [6, 6.07) is 8.41. The second-order valence-corrected chi connectivity index (χ2v) is 11.2. The molecule has 2 amide bonds. The standard InChI is InChI=1S/C28H22ClNO5S/c1-13-9-22(32)25-20(26(13)33)11-18-16(23(25)19-10-14(29)4-7-21(19)31)5-6-17-24(18)28(35)30(27(17)34)12-15-3-2-8-36-15/h2-5,7-10,17-18,23-24,31H,6,11-12H2,1H3. The summed E-state index contributed by atoms with van der Waals surface area (Å²) in [5, 5.41) is 13.1. The van der Waals surface area contributed by atoms with E-state index in [-0.39, 0.29) is 42.1 Å². The molecule has 1 fully saturated rings. The first kappa shape index (κ1) is 23.1. The number of carbonyl (C=O) groups is 4. The average molecular weight is 520 g/mol. The summed E-state index contributed by atoms with van der Waals surface area (Å²) in [6.07, 6.45) is 3.85. The Morgan fingerprint density at radius 2 is 1.92 bits per heavy atom. The molecule has 0 radical (unpaired) electrons. The van der Waals surface area contributed by atoms with Gasteiger partial charge in [0.15, 0.2) is 11.6 Å². The minimum atomic E-state index is -0.714. The molecule has 6 nitrogen and oxygen atoms in total. The second kappa shape index (κ2) is 8.39. The molecule has 3 aliphatic carbocycles. The van der Waals surface area contributed by atoms with Gasteiger partial charge in [0.1, 0.15) is 5.75 Å². The lowest BCUT2D eigenvalue weighted by atomic mass is 9.59. The highest BCUT2D eigenvalue weighted by Crippen LogP contribution is 2.56. The monoisotopic (exact) mass is 519 g/mol. The zero-order valence-corrected chi connectivity index (χ0v) is 20.9. The molecule has 4 atom stereocenters. The van der Waals surface area contributed by atoms with Gasteiger partial charge in [0.2, 0.25) is 11.8 Å². The maximum atomic E-state index is 13.7. The number of carbonyl (C=O) groups excluding carboxylic acids is 4. The number of hydrogen-bond donors (Lipinski definition) is 1. The van der Waals surface area contributed by atoms with Crippen molar-refractivity contribution in [2.45, 2.75) is 32.2 Å². The Labute approximate surface area is 216 Å². The number of aromatic hydroxyl groups is 1. The van der Waals surface area contributed by atoms with E-state index >= 15 is 0 Å². The molecule has 1 aromatic carbocycles. The third-order valence-corrected chi connectivity index (χ3v) is 8.94. The van der Waals surface area contributed by atoms with Crippen molar-refractivity contribution in [2.75, 3.05) is 0 Å². The van der Waals surface area contributed by atoms with Crippen molar-refractivity contribution < 1.29 is 24.3 Å². The van der Waals surface area contributed by atoms with Gasteiger partial charge in [-0.3, -0.25) is 24.1 Å². The van der Waals surface area contributed by atoms with Crippen LogP contribution in [0.3, 0.4) is 0 Å². The molecule has 182 valence electrons. The van der Waals surface area contributed by atoms with E-state index in [4.69, 9.17) is 11.6 Å². The first-order chi connectivity index (χ1) is 17.3. The van der Waals surface area contributed by atoms with Gasteiger partial charge in [-0.25, -0.2) is 0 Å². The number of phenols is 1. The first-order valence-electron chi connectivity index (χ1n) is 11.8. The summed E-state index contributed by atoms with van der Waals surface area (Å²) in [7, 11) is 0. The molecule has 0 saturated carbocycles. The maximum absolute atomic E-state index is 13.7. The molecule has 8 heteroatoms. The second-order valence-electron chi connectivity index (χ2n) is 9.77. The molecule has 1 aromatic heterocycles. The largest absolute Gasteiger partial charge is 0.508 e. The quantitative estimate of drug-likeness (QED) is 0.359. The Hall–Kier alpha value is -3.29. The van der Waals surface area contributed by atoms with Crippen LogP contribution in [0, 0.1) is 17.8 Å². The van der Waals surface area contributed by atoms with Gasteiger partial charge in [-0.15, -0.1) is 11.3 Å². The maximum Gasteiger partial charge on any atom is 0.234 e. The number of likely N-dealkylation sites (tertiary alicyclic amines) is 1. The van der Waals surface area contributed by atoms with E-state index in [1.807, 2.05) is 23.6 Å². The van der Waals surface area contributed by atoms with Gasteiger partial charge in [0.25, 0.3) is 0 Å². The van der Waals surface area contributed by atoms with Crippen molar-refractivity contribution in [3.63, 3.8) is 0 Å². The number of allylic oxidation sites excluding steroid dienone is 6. The number of thiophene rings is 1. The highest BCUT2D eigenvalue weighted by molar-refractivity contribution is 7.09. The van der Waals surface area contributed by atoms with E-state index in [2.05, 4.69) is 0 Å². The Morgan fingerprint density at radius 1 is 1.11 bits per heavy atom. The zero-order chi connectivity index (χ0) is 25.3. The van der Waals surface area contributed by atoms with E-state index in [0.29, 0.717) is 33.7 Å². The van der Waals surface area contributed by atoms with Crippen LogP contribution in [-0.4, -0.2) is 33.4 Å². The van der Waals surface area contributed by atoms with Crippen molar-refractivity contribution in [3.8, 4) is 5.75 Å². The average Bonchev–Trinajstić information content (AvgIpc) is 3.45. The van der Waals surface area contributed by atoms with Gasteiger partial charge in [-0.05, 0) is 61.4 Å². The van der Waals surface area contributed by atoms with E-state index < -0.39 is 23.7 Å². The van der Waals surface area contributed by atoms with Gasteiger partial charge in [0, 0.05) is 38.1 Å². The topological polar surface area (TPSA) is 91.8 Å². The number of ketones is 2. The van der Waals surface area contributed by atoms with Crippen LogP contribution < -0.4 is 0 Å². The predicted molar refractivity (Wildman–Crippen MR) is 134 cm³/mol. The number of imide groups is 1. The van der Waals surface area contributed by atoms with Crippen LogP contribution in [0.25, 0.3) is 0 Å². The summed E-state index contributed by atoms with van der Waals surface area (Å²) >= 11 is 7.77. The van der Waals surface area contributed by atoms with Crippen molar-refractivity contribution in [1.82, 2.24) is 4.90 Å². The molecule has 0 bridgehead atoms. The number of rotatable bonds is 3. The third kappa shape index (κ3) is 3.37. The molecule has 6 rings (SSSR count). The van der Waals surface area contributed by atoms with Gasteiger partial charge in [0.05, 0.1) is 18.4 Å². The van der Waals surface area contributed by atoms with Crippen LogP contribution in [0.2, 0.25) is 5.02 Å². The van der Waals surface area contributed by atoms with Crippen molar-refractivity contribution in [1.29, 1.82) is 0 Å². The summed E-state index contributed by atoms with van der Waals surface area (Å²) in [6.45, 7) is 1.84. The lowest BCUT2D eigenvalue weighted by Gasteiger charge is -2.42. The van der Waals surface area contributed by atoms with E-state index in [0.717, 1.165) is 10.5 Å². The molecule has 0 spiro atoms. The Morgan fingerprint density at radius 3 is 2.67 bits per heavy atom. The van der Waals surface area contributed by atoms with Crippen LogP contribution in [0.4, 0.5) is 0 Å². The Bertz CT molecular complexity index is 1450. The molecular formula is C28H22ClNO5S. The molecule has 1 saturated heterocycles. The molecule has 36 heavy (non-hydrogen) atoms. The number of hydrogen-bond acceptors (Lipinski definition) is 6. The predicted octanol–water partition coefficient (Wildman–Crippen LogP) is 4.74. The fourth-order valence-corrected chi connectivity index (χ4v) is 7.15. The van der Waals surface area contributed by atoms with Crippen molar-refractivity contribution in [2.24, 2.45) is 17.8 Å². The minimum Gasteiger partial charge on any atom is -0.508 e. The zero-order valence-electron chi connectivity index (χ0n) is 19.4. The normalized spacial score (nSPS) is 27.6. The Balaban J connectivity index is 1.48. The molecule has 4 aliphatic rings. The first-order valence-corrected chi connectivity index (χ1v) is 13.1. The molecule has 1 N–H and O–H groups in total. The lowest BCUT2D eigenvalue weighted by Crippen LogP contribution is -2.39. The Kier molecular flexibility index (Phi) is 5.39. The summed E-state index contributed by atoms with van der Waals surface area (Å²) in [4.78, 5) is 55.8. The number of fused-ring (bicyclic) bond motifs is 3. The highest BCUT2D eigenvalue weighted by Gasteiger charge is 2.56. The fraction of sp³-hybridized carbons (Fsp3) is 0.286. The van der Waals surface area contributed by atoms with Crippen molar-refractivity contribution >= 4 is 46.3 Å². The van der Waals surface area contributed by atoms with Crippen LogP contribution in [0.5, 0.6) is 5.75 Å². The number of amides is 2. The van der Waals surface area contributed by atoms with Gasteiger partial charge in [-0.1, -0.05) is 29.3 Å². The third-order valence-electron chi connectivity index (χ3n) is 7.85. The van der Waals surface area contributed by atoms with Crippen LogP contribution in [-0.2, 0) is 25.7 Å². The highest BCUT2D eigenvalue weighted by atomic mass is 35.5. The SMILES string of the molecule is CC1=CC(=O)C2=C(CC3C(=CCC4C(=O)N(Cc5cccs5)C(=O)C43)C2c2cc(Cl)ccc2O)C1=O. The van der Waals surface area contributed by atoms with Crippen LogP contribution in [0.15, 0.2) is 70.2 Å². The molecule has 1 aliphatic heterocycles. The van der Waals surface area contributed by atoms with Gasteiger partial charge >= 0.3 is 0 Å². The number of benzene rings is 1. The smallest absolute Gasteiger partial charge is 0.234 e. The van der Waals surface area contributed by atoms with Crippen LogP contribution in [0.1, 0.15) is 36.1 Å². The van der Waals surface area contributed by atoms with Crippen molar-refractivity contribution in [3.05, 3.63) is 85.6 Å².